The summed E-state index contributed by atoms with van der Waals surface area (Å²) < 4.78 is 11.9. The summed E-state index contributed by atoms with van der Waals surface area (Å²) in [5.41, 5.74) is 4.62. The maximum absolute atomic E-state index is 5.63. The largest absolute Gasteiger partial charge is 0.497 e. The Morgan fingerprint density at radius 1 is 1.08 bits per heavy atom. The van der Waals surface area contributed by atoms with Crippen LogP contribution in [0.4, 0.5) is 0 Å². The summed E-state index contributed by atoms with van der Waals surface area (Å²) >= 11 is 3.48. The topological polar surface area (TPSA) is 35.3 Å². The molecule has 0 saturated carbocycles. The Hall–Kier alpha value is -2.07. The van der Waals surface area contributed by atoms with Gasteiger partial charge < -0.3 is 9.26 Å². The normalized spacial score (nSPS) is 12.2. The fourth-order valence-electron chi connectivity index (χ4n) is 3.11. The van der Waals surface area contributed by atoms with Crippen LogP contribution >= 0.6 is 15.9 Å². The molecular formula is C22H24BrNO2. The van der Waals surface area contributed by atoms with Crippen LogP contribution in [0.15, 0.2) is 57.5 Å². The molecule has 0 radical (unpaired) electrons. The number of aryl methyl sites for hydroxylation is 2. The Labute approximate surface area is 163 Å². The Morgan fingerprint density at radius 3 is 2.42 bits per heavy atom. The molecule has 0 spiro atoms. The van der Waals surface area contributed by atoms with E-state index in [-0.39, 0.29) is 0 Å². The maximum atomic E-state index is 5.63. The third-order valence-electron chi connectivity index (χ3n) is 4.73. The zero-order valence-electron chi connectivity index (χ0n) is 15.5. The average molecular weight is 414 g/mol. The molecule has 4 heteroatoms. The SMILES string of the molecule is COc1ccc(CCC(C)Cc2c(C)noc2-c2ccc(Br)cc2)cc1. The van der Waals surface area contributed by atoms with Gasteiger partial charge in [-0.1, -0.05) is 52.3 Å². The van der Waals surface area contributed by atoms with Gasteiger partial charge in [-0.05, 0) is 61.9 Å². The minimum Gasteiger partial charge on any atom is -0.497 e. The van der Waals surface area contributed by atoms with Gasteiger partial charge in [0.2, 0.25) is 0 Å². The van der Waals surface area contributed by atoms with Crippen LogP contribution in [0.3, 0.4) is 0 Å². The summed E-state index contributed by atoms with van der Waals surface area (Å²) in [5.74, 6) is 2.34. The molecule has 1 aromatic heterocycles. The number of aromatic nitrogens is 1. The standard InChI is InChI=1S/C22H24BrNO2/c1-15(4-5-17-6-12-20(25-3)13-7-17)14-21-16(2)24-26-22(21)18-8-10-19(23)11-9-18/h6-13,15H,4-5,14H2,1-3H3. The Balaban J connectivity index is 1.66. The second-order valence-electron chi connectivity index (χ2n) is 6.78. The first-order valence-electron chi connectivity index (χ1n) is 8.91. The first-order chi connectivity index (χ1) is 12.6. The molecule has 2 aromatic carbocycles. The number of halogens is 1. The van der Waals surface area contributed by atoms with Crippen molar-refractivity contribution in [1.29, 1.82) is 0 Å². The van der Waals surface area contributed by atoms with Gasteiger partial charge in [-0.25, -0.2) is 0 Å². The van der Waals surface area contributed by atoms with E-state index >= 15 is 0 Å². The number of rotatable bonds is 7. The summed E-state index contributed by atoms with van der Waals surface area (Å²) in [4.78, 5) is 0. The van der Waals surface area contributed by atoms with Crippen molar-refractivity contribution < 1.29 is 9.26 Å². The predicted octanol–water partition coefficient (Wildman–Crippen LogP) is 6.23. The first kappa shape index (κ1) is 18.7. The Morgan fingerprint density at radius 2 is 1.77 bits per heavy atom. The molecule has 0 N–H and O–H groups in total. The fraction of sp³-hybridized carbons (Fsp3) is 0.318. The van der Waals surface area contributed by atoms with Crippen LogP contribution in [0.1, 0.15) is 30.2 Å². The molecule has 0 aliphatic heterocycles. The Kier molecular flexibility index (Phi) is 6.15. The molecule has 0 fully saturated rings. The van der Waals surface area contributed by atoms with Crippen molar-refractivity contribution in [1.82, 2.24) is 5.16 Å². The summed E-state index contributed by atoms with van der Waals surface area (Å²) in [6.07, 6.45) is 3.15. The monoisotopic (exact) mass is 413 g/mol. The number of ether oxygens (including phenoxy) is 1. The second-order valence-corrected chi connectivity index (χ2v) is 7.69. The first-order valence-corrected chi connectivity index (χ1v) is 9.70. The lowest BCUT2D eigenvalue weighted by Crippen LogP contribution is -2.03. The van der Waals surface area contributed by atoms with Gasteiger partial charge in [-0.3, -0.25) is 0 Å². The van der Waals surface area contributed by atoms with Crippen molar-refractivity contribution >= 4 is 15.9 Å². The second kappa shape index (κ2) is 8.54. The van der Waals surface area contributed by atoms with Gasteiger partial charge in [0.15, 0.2) is 5.76 Å². The summed E-state index contributed by atoms with van der Waals surface area (Å²) in [7, 11) is 1.70. The van der Waals surface area contributed by atoms with Gasteiger partial charge in [0.25, 0.3) is 0 Å². The van der Waals surface area contributed by atoms with Crippen LogP contribution in [0.25, 0.3) is 11.3 Å². The summed E-state index contributed by atoms with van der Waals surface area (Å²) in [6, 6.07) is 16.5. The van der Waals surface area contributed by atoms with Crippen LogP contribution in [0, 0.1) is 12.8 Å². The summed E-state index contributed by atoms with van der Waals surface area (Å²) in [6.45, 7) is 4.32. The molecule has 1 heterocycles. The van der Waals surface area contributed by atoms with Gasteiger partial charge in [0.05, 0.1) is 12.8 Å². The zero-order valence-corrected chi connectivity index (χ0v) is 17.0. The van der Waals surface area contributed by atoms with E-state index in [0.717, 1.165) is 46.5 Å². The molecule has 0 aliphatic rings. The van der Waals surface area contributed by atoms with Gasteiger partial charge >= 0.3 is 0 Å². The van der Waals surface area contributed by atoms with Crippen LogP contribution in [-0.4, -0.2) is 12.3 Å². The van der Waals surface area contributed by atoms with E-state index in [1.165, 1.54) is 11.1 Å². The highest BCUT2D eigenvalue weighted by Gasteiger charge is 2.17. The van der Waals surface area contributed by atoms with Crippen molar-refractivity contribution in [2.24, 2.45) is 5.92 Å². The average Bonchev–Trinajstić information content (AvgIpc) is 3.01. The van der Waals surface area contributed by atoms with Crippen LogP contribution < -0.4 is 4.74 Å². The van der Waals surface area contributed by atoms with Crippen molar-refractivity contribution in [3.05, 3.63) is 69.8 Å². The predicted molar refractivity (Wildman–Crippen MR) is 109 cm³/mol. The van der Waals surface area contributed by atoms with Gasteiger partial charge in [-0.2, -0.15) is 0 Å². The van der Waals surface area contributed by atoms with Crippen molar-refractivity contribution in [3.8, 4) is 17.1 Å². The van der Waals surface area contributed by atoms with Crippen LogP contribution in [-0.2, 0) is 12.8 Å². The number of hydrogen-bond donors (Lipinski definition) is 0. The highest BCUT2D eigenvalue weighted by molar-refractivity contribution is 9.10. The molecule has 0 aliphatic carbocycles. The van der Waals surface area contributed by atoms with E-state index in [9.17, 15) is 0 Å². The highest BCUT2D eigenvalue weighted by Crippen LogP contribution is 2.30. The van der Waals surface area contributed by atoms with Crippen molar-refractivity contribution in [2.45, 2.75) is 33.1 Å². The van der Waals surface area contributed by atoms with Crippen LogP contribution in [0.2, 0.25) is 0 Å². The van der Waals surface area contributed by atoms with Crippen LogP contribution in [0.5, 0.6) is 5.75 Å². The van der Waals surface area contributed by atoms with Crippen molar-refractivity contribution in [3.63, 3.8) is 0 Å². The minimum atomic E-state index is 0.546. The number of benzene rings is 2. The number of hydrogen-bond acceptors (Lipinski definition) is 3. The molecule has 0 saturated heterocycles. The molecular weight excluding hydrogens is 390 g/mol. The van der Waals surface area contributed by atoms with E-state index in [1.54, 1.807) is 7.11 Å². The Bertz CT molecular complexity index is 838. The van der Waals surface area contributed by atoms with E-state index < -0.39 is 0 Å². The fourth-order valence-corrected chi connectivity index (χ4v) is 3.38. The lowest BCUT2D eigenvalue weighted by molar-refractivity contribution is 0.414. The zero-order chi connectivity index (χ0) is 18.5. The molecule has 3 aromatic rings. The smallest absolute Gasteiger partial charge is 0.170 e. The number of nitrogens with zero attached hydrogens (tertiary/aromatic N) is 1. The van der Waals surface area contributed by atoms with E-state index in [4.69, 9.17) is 9.26 Å². The quantitative estimate of drug-likeness (QED) is 0.460. The molecule has 3 rings (SSSR count). The lowest BCUT2D eigenvalue weighted by Gasteiger charge is -2.12. The van der Waals surface area contributed by atoms with Crippen molar-refractivity contribution in [2.75, 3.05) is 7.11 Å². The van der Waals surface area contributed by atoms with E-state index in [2.05, 4.69) is 52.3 Å². The van der Waals surface area contributed by atoms with Gasteiger partial charge in [0.1, 0.15) is 5.75 Å². The molecule has 0 bridgehead atoms. The van der Waals surface area contributed by atoms with Gasteiger partial charge in [-0.15, -0.1) is 0 Å². The minimum absolute atomic E-state index is 0.546. The molecule has 26 heavy (non-hydrogen) atoms. The van der Waals surface area contributed by atoms with E-state index in [1.807, 2.05) is 31.2 Å². The molecule has 1 atom stereocenters. The molecule has 1 unspecified atom stereocenters. The number of methoxy groups -OCH3 is 1. The maximum Gasteiger partial charge on any atom is 0.170 e. The highest BCUT2D eigenvalue weighted by atomic mass is 79.9. The molecule has 3 nitrogen and oxygen atoms in total. The third kappa shape index (κ3) is 4.55. The van der Waals surface area contributed by atoms with Gasteiger partial charge in [0, 0.05) is 15.6 Å². The third-order valence-corrected chi connectivity index (χ3v) is 5.26. The van der Waals surface area contributed by atoms with E-state index in [0.29, 0.717) is 5.92 Å². The molecule has 136 valence electrons. The molecule has 0 amide bonds. The lowest BCUT2D eigenvalue weighted by atomic mass is 9.92. The summed E-state index contributed by atoms with van der Waals surface area (Å²) in [5, 5.41) is 4.21.